The highest BCUT2D eigenvalue weighted by atomic mass is 35.5. The third-order valence-corrected chi connectivity index (χ3v) is 2.00. The fourth-order valence-electron chi connectivity index (χ4n) is 0.850. The van der Waals surface area contributed by atoms with E-state index in [9.17, 15) is 0 Å². The molecule has 4 nitrogen and oxygen atoms in total. The second kappa shape index (κ2) is 3.21. The zero-order valence-electron chi connectivity index (χ0n) is 6.00. The van der Waals surface area contributed by atoms with E-state index in [0.29, 0.717) is 11.0 Å². The van der Waals surface area contributed by atoms with Gasteiger partial charge in [-0.3, -0.25) is 0 Å². The average Bonchev–Trinajstić information content (AvgIpc) is 2.06. The number of fused-ring (bicyclic) bond motifs is 1. The van der Waals surface area contributed by atoms with E-state index < -0.39 is 0 Å². The van der Waals surface area contributed by atoms with Crippen molar-refractivity contribution in [2.24, 2.45) is 0 Å². The Morgan fingerprint density at radius 3 is 2.54 bits per heavy atom. The first-order valence-corrected chi connectivity index (χ1v) is 4.32. The van der Waals surface area contributed by atoms with Crippen LogP contribution in [0.4, 0.5) is 0 Å². The maximum Gasteiger partial charge on any atom is 0.225 e. The Morgan fingerprint density at radius 2 is 1.77 bits per heavy atom. The van der Waals surface area contributed by atoms with Crippen LogP contribution < -0.4 is 0 Å². The van der Waals surface area contributed by atoms with Crippen LogP contribution in [-0.4, -0.2) is 20.2 Å². The molecule has 2 rings (SSSR count). The van der Waals surface area contributed by atoms with Gasteiger partial charge in [0.25, 0.3) is 0 Å². The van der Waals surface area contributed by atoms with E-state index in [2.05, 4.69) is 20.2 Å². The lowest BCUT2D eigenvalue weighted by Gasteiger charge is -1.97. The summed E-state index contributed by atoms with van der Waals surface area (Å²) >= 11 is 16.9. The molecule has 0 spiro atoms. The SMILES string of the molecule is Clc1cc2c(Cl)nc(Cl)nc2nn1. The van der Waals surface area contributed by atoms with E-state index in [4.69, 9.17) is 34.8 Å². The molecule has 66 valence electrons. The van der Waals surface area contributed by atoms with Gasteiger partial charge in [-0.05, 0) is 17.7 Å². The summed E-state index contributed by atoms with van der Waals surface area (Å²) in [6, 6.07) is 1.53. The van der Waals surface area contributed by atoms with E-state index in [1.807, 2.05) is 0 Å². The number of aromatic nitrogens is 4. The molecule has 0 bridgehead atoms. The molecule has 2 heterocycles. The normalized spacial score (nSPS) is 10.7. The van der Waals surface area contributed by atoms with Crippen LogP contribution in [0.3, 0.4) is 0 Å². The van der Waals surface area contributed by atoms with Crippen LogP contribution in [0.1, 0.15) is 0 Å². The Bertz CT molecular complexity index is 473. The van der Waals surface area contributed by atoms with Gasteiger partial charge in [-0.2, -0.15) is 4.98 Å². The van der Waals surface area contributed by atoms with Gasteiger partial charge in [0.1, 0.15) is 5.15 Å². The molecular weight excluding hydrogens is 234 g/mol. The van der Waals surface area contributed by atoms with Gasteiger partial charge in [-0.1, -0.05) is 23.2 Å². The topological polar surface area (TPSA) is 51.6 Å². The van der Waals surface area contributed by atoms with Crippen LogP contribution >= 0.6 is 34.8 Å². The van der Waals surface area contributed by atoms with Gasteiger partial charge in [0, 0.05) is 0 Å². The van der Waals surface area contributed by atoms with E-state index in [-0.39, 0.29) is 15.6 Å². The lowest BCUT2D eigenvalue weighted by atomic mass is 10.4. The Balaban J connectivity index is 2.87. The van der Waals surface area contributed by atoms with Crippen molar-refractivity contribution in [1.29, 1.82) is 0 Å². The molecule has 0 atom stereocenters. The summed E-state index contributed by atoms with van der Waals surface area (Å²) in [5, 5.41) is 8.32. The average molecular weight is 235 g/mol. The van der Waals surface area contributed by atoms with Crippen LogP contribution in [0.15, 0.2) is 6.07 Å². The standard InChI is InChI=1S/C6HCl3N4/c7-3-1-2-4(8)10-6(9)11-5(2)13-12-3/h1H. The first-order chi connectivity index (χ1) is 6.16. The fraction of sp³-hybridized carbons (Fsp3) is 0. The van der Waals surface area contributed by atoms with E-state index >= 15 is 0 Å². The molecule has 0 aromatic carbocycles. The van der Waals surface area contributed by atoms with Gasteiger partial charge in [0.15, 0.2) is 10.8 Å². The van der Waals surface area contributed by atoms with Crippen molar-refractivity contribution in [1.82, 2.24) is 20.2 Å². The summed E-state index contributed by atoms with van der Waals surface area (Å²) in [4.78, 5) is 7.55. The molecule has 0 saturated heterocycles. The number of nitrogens with zero attached hydrogens (tertiary/aromatic N) is 4. The van der Waals surface area contributed by atoms with Gasteiger partial charge in [-0.25, -0.2) is 4.98 Å². The third-order valence-electron chi connectivity index (χ3n) is 1.36. The molecule has 0 amide bonds. The number of hydrogen-bond acceptors (Lipinski definition) is 4. The molecule has 0 aliphatic rings. The molecule has 0 fully saturated rings. The minimum absolute atomic E-state index is 0.0362. The molecule has 0 saturated carbocycles. The minimum Gasteiger partial charge on any atom is -0.205 e. The van der Waals surface area contributed by atoms with Gasteiger partial charge in [-0.15, -0.1) is 10.2 Å². The zero-order chi connectivity index (χ0) is 9.42. The Labute approximate surface area is 87.9 Å². The van der Waals surface area contributed by atoms with Gasteiger partial charge >= 0.3 is 0 Å². The van der Waals surface area contributed by atoms with Crippen LogP contribution in [0.2, 0.25) is 15.6 Å². The van der Waals surface area contributed by atoms with Crippen molar-refractivity contribution < 1.29 is 0 Å². The highest BCUT2D eigenvalue weighted by molar-refractivity contribution is 6.36. The lowest BCUT2D eigenvalue weighted by Crippen LogP contribution is -1.92. The quantitative estimate of drug-likeness (QED) is 0.520. The number of rotatable bonds is 0. The summed E-state index contributed by atoms with van der Waals surface area (Å²) in [5.41, 5.74) is 0.328. The first-order valence-electron chi connectivity index (χ1n) is 3.19. The maximum absolute atomic E-state index is 5.77. The molecule has 2 aromatic rings. The number of halogens is 3. The first kappa shape index (κ1) is 8.87. The van der Waals surface area contributed by atoms with Crippen molar-refractivity contribution in [3.05, 3.63) is 21.7 Å². The second-order valence-electron chi connectivity index (χ2n) is 2.19. The largest absolute Gasteiger partial charge is 0.225 e. The predicted octanol–water partition coefficient (Wildman–Crippen LogP) is 2.38. The molecule has 0 aliphatic heterocycles. The molecule has 0 aliphatic carbocycles. The van der Waals surface area contributed by atoms with Crippen molar-refractivity contribution >= 4 is 45.8 Å². The Kier molecular flexibility index (Phi) is 2.19. The highest BCUT2D eigenvalue weighted by Gasteiger charge is 2.06. The molecule has 0 radical (unpaired) electrons. The van der Waals surface area contributed by atoms with Gasteiger partial charge in [0.05, 0.1) is 5.39 Å². The van der Waals surface area contributed by atoms with E-state index in [1.165, 1.54) is 6.07 Å². The Morgan fingerprint density at radius 1 is 1.00 bits per heavy atom. The van der Waals surface area contributed by atoms with E-state index in [1.54, 1.807) is 0 Å². The molecule has 0 N–H and O–H groups in total. The number of hydrogen-bond donors (Lipinski definition) is 0. The highest BCUT2D eigenvalue weighted by Crippen LogP contribution is 2.21. The molecule has 2 aromatic heterocycles. The second-order valence-corrected chi connectivity index (χ2v) is 3.27. The summed E-state index contributed by atoms with van der Waals surface area (Å²) in [7, 11) is 0. The minimum atomic E-state index is 0.0362. The van der Waals surface area contributed by atoms with Crippen molar-refractivity contribution in [3.63, 3.8) is 0 Å². The van der Waals surface area contributed by atoms with Crippen LogP contribution in [-0.2, 0) is 0 Å². The van der Waals surface area contributed by atoms with Crippen LogP contribution in [0.5, 0.6) is 0 Å². The van der Waals surface area contributed by atoms with Crippen LogP contribution in [0.25, 0.3) is 11.0 Å². The van der Waals surface area contributed by atoms with Crippen molar-refractivity contribution in [2.75, 3.05) is 0 Å². The summed E-state index contributed by atoms with van der Waals surface area (Å²) in [6.07, 6.45) is 0. The van der Waals surface area contributed by atoms with E-state index in [0.717, 1.165) is 0 Å². The zero-order valence-corrected chi connectivity index (χ0v) is 8.27. The predicted molar refractivity (Wildman–Crippen MR) is 50.2 cm³/mol. The van der Waals surface area contributed by atoms with Crippen molar-refractivity contribution in [3.8, 4) is 0 Å². The Hall–Kier alpha value is -0.710. The summed E-state index contributed by atoms with van der Waals surface area (Å²) in [5.74, 6) is 0. The monoisotopic (exact) mass is 234 g/mol. The smallest absolute Gasteiger partial charge is 0.205 e. The molecule has 7 heteroatoms. The van der Waals surface area contributed by atoms with Gasteiger partial charge < -0.3 is 0 Å². The molecule has 13 heavy (non-hydrogen) atoms. The molecule has 0 unspecified atom stereocenters. The lowest BCUT2D eigenvalue weighted by molar-refractivity contribution is 1.04. The van der Waals surface area contributed by atoms with Gasteiger partial charge in [0.2, 0.25) is 5.28 Å². The maximum atomic E-state index is 5.77. The summed E-state index contributed by atoms with van der Waals surface area (Å²) in [6.45, 7) is 0. The fourth-order valence-corrected chi connectivity index (χ4v) is 1.42. The summed E-state index contributed by atoms with van der Waals surface area (Å²) < 4.78 is 0. The van der Waals surface area contributed by atoms with Crippen molar-refractivity contribution in [2.45, 2.75) is 0 Å². The molecular formula is C6HCl3N4. The third kappa shape index (κ3) is 1.65. The van der Waals surface area contributed by atoms with Crippen LogP contribution in [0, 0.1) is 0 Å².